The molecule has 1 atom stereocenters. The summed E-state index contributed by atoms with van der Waals surface area (Å²) in [6.45, 7) is 2.79. The van der Waals surface area contributed by atoms with Crippen molar-refractivity contribution in [2.45, 2.75) is 19.4 Å². The summed E-state index contributed by atoms with van der Waals surface area (Å²) in [5.41, 5.74) is 1.47. The van der Waals surface area contributed by atoms with Crippen molar-refractivity contribution in [2.75, 3.05) is 44.2 Å². The fraction of sp³-hybridized carbons (Fsp3) is 0.364. The molecule has 0 saturated carbocycles. The quantitative estimate of drug-likeness (QED) is 0.755. The zero-order valence-corrected chi connectivity index (χ0v) is 17.7. The number of anilines is 2. The Hall–Kier alpha value is -3.42. The number of nitrogens with one attached hydrogen (secondary N) is 1. The molecule has 0 radical (unpaired) electrons. The van der Waals surface area contributed by atoms with Crippen molar-refractivity contribution in [3.8, 4) is 17.2 Å². The lowest BCUT2D eigenvalue weighted by molar-refractivity contribution is -0.117. The van der Waals surface area contributed by atoms with Crippen molar-refractivity contribution in [2.24, 2.45) is 0 Å². The van der Waals surface area contributed by atoms with Crippen LogP contribution in [-0.4, -0.2) is 52.4 Å². The van der Waals surface area contributed by atoms with Crippen LogP contribution < -0.4 is 29.3 Å². The van der Waals surface area contributed by atoms with Gasteiger partial charge >= 0.3 is 6.03 Å². The highest BCUT2D eigenvalue weighted by atomic mass is 16.5. The third-order valence-electron chi connectivity index (χ3n) is 5.08. The second kappa shape index (κ2) is 9.39. The lowest BCUT2D eigenvalue weighted by atomic mass is 10.2. The normalized spacial score (nSPS) is 15.7. The third-order valence-corrected chi connectivity index (χ3v) is 5.08. The Kier molecular flexibility index (Phi) is 6.66. The second-order valence-corrected chi connectivity index (χ2v) is 6.84. The summed E-state index contributed by atoms with van der Waals surface area (Å²) in [5.74, 6) is 1.81. The first kappa shape index (κ1) is 21.3. The van der Waals surface area contributed by atoms with E-state index in [9.17, 15) is 9.59 Å². The Morgan fingerprint density at radius 3 is 2.37 bits per heavy atom. The van der Waals surface area contributed by atoms with Crippen molar-refractivity contribution in [1.29, 1.82) is 0 Å². The summed E-state index contributed by atoms with van der Waals surface area (Å²) in [4.78, 5) is 28.7. The maximum atomic E-state index is 12.8. The van der Waals surface area contributed by atoms with Crippen LogP contribution in [0.2, 0.25) is 0 Å². The van der Waals surface area contributed by atoms with Crippen LogP contribution in [0.1, 0.15) is 13.3 Å². The van der Waals surface area contributed by atoms with Gasteiger partial charge in [0.2, 0.25) is 5.91 Å². The lowest BCUT2D eigenvalue weighted by Gasteiger charge is -2.24. The number of methoxy groups -OCH3 is 3. The maximum absolute atomic E-state index is 12.8. The zero-order valence-electron chi connectivity index (χ0n) is 17.7. The van der Waals surface area contributed by atoms with Gasteiger partial charge in [-0.25, -0.2) is 4.79 Å². The molecule has 30 heavy (non-hydrogen) atoms. The van der Waals surface area contributed by atoms with Gasteiger partial charge in [0.05, 0.1) is 27.4 Å². The van der Waals surface area contributed by atoms with Crippen molar-refractivity contribution >= 4 is 23.3 Å². The lowest BCUT2D eigenvalue weighted by Crippen LogP contribution is -2.46. The van der Waals surface area contributed by atoms with Gasteiger partial charge in [0.25, 0.3) is 0 Å². The first-order valence-corrected chi connectivity index (χ1v) is 9.75. The van der Waals surface area contributed by atoms with Crippen LogP contribution in [0.15, 0.2) is 42.5 Å². The molecule has 1 heterocycles. The predicted molar refractivity (Wildman–Crippen MR) is 115 cm³/mol. The van der Waals surface area contributed by atoms with E-state index in [0.717, 1.165) is 11.4 Å². The van der Waals surface area contributed by atoms with Crippen LogP contribution in [0, 0.1) is 0 Å². The number of hydrogen-bond acceptors (Lipinski definition) is 5. The van der Waals surface area contributed by atoms with E-state index in [0.29, 0.717) is 30.3 Å². The van der Waals surface area contributed by atoms with E-state index in [1.807, 2.05) is 31.2 Å². The molecule has 1 unspecified atom stereocenters. The monoisotopic (exact) mass is 413 g/mol. The highest BCUT2D eigenvalue weighted by Gasteiger charge is 2.33. The first-order chi connectivity index (χ1) is 14.5. The summed E-state index contributed by atoms with van der Waals surface area (Å²) < 4.78 is 15.7. The molecule has 2 aromatic carbocycles. The first-order valence-electron chi connectivity index (χ1n) is 9.75. The fourth-order valence-corrected chi connectivity index (χ4v) is 3.50. The number of carbonyl (C=O) groups excluding carboxylic acids is 2. The SMILES string of the molecule is CCN(C(=O)NC1CC(=O)N(c2ccc(OC)c(OC)c2)C1)c1ccc(OC)cc1. The van der Waals surface area contributed by atoms with Crippen molar-refractivity contribution in [3.05, 3.63) is 42.5 Å². The summed E-state index contributed by atoms with van der Waals surface area (Å²) >= 11 is 0. The Labute approximate surface area is 176 Å². The van der Waals surface area contributed by atoms with Crippen LogP contribution in [0.5, 0.6) is 17.2 Å². The van der Waals surface area contributed by atoms with Gasteiger partial charge < -0.3 is 24.4 Å². The smallest absolute Gasteiger partial charge is 0.322 e. The molecule has 1 fully saturated rings. The van der Waals surface area contributed by atoms with Crippen molar-refractivity contribution < 1.29 is 23.8 Å². The molecule has 1 N–H and O–H groups in total. The maximum Gasteiger partial charge on any atom is 0.322 e. The van der Waals surface area contributed by atoms with E-state index < -0.39 is 0 Å². The van der Waals surface area contributed by atoms with Gasteiger partial charge in [0.15, 0.2) is 11.5 Å². The van der Waals surface area contributed by atoms with Crippen LogP contribution in [0.4, 0.5) is 16.2 Å². The molecule has 0 spiro atoms. The number of rotatable bonds is 7. The van der Waals surface area contributed by atoms with Crippen molar-refractivity contribution in [1.82, 2.24) is 5.32 Å². The van der Waals surface area contributed by atoms with Crippen LogP contribution in [0.25, 0.3) is 0 Å². The van der Waals surface area contributed by atoms with E-state index in [4.69, 9.17) is 14.2 Å². The number of ether oxygens (including phenoxy) is 3. The third kappa shape index (κ3) is 4.42. The minimum absolute atomic E-state index is 0.0555. The minimum atomic E-state index is -0.287. The fourth-order valence-electron chi connectivity index (χ4n) is 3.50. The molecule has 3 rings (SSSR count). The molecular formula is C22H27N3O5. The highest BCUT2D eigenvalue weighted by molar-refractivity contribution is 5.98. The van der Waals surface area contributed by atoms with Crippen LogP contribution >= 0.6 is 0 Å². The summed E-state index contributed by atoms with van der Waals surface area (Å²) in [7, 11) is 4.71. The summed E-state index contributed by atoms with van der Waals surface area (Å²) in [6.07, 6.45) is 0.236. The van der Waals surface area contributed by atoms with E-state index in [2.05, 4.69) is 5.32 Å². The number of hydrogen-bond donors (Lipinski definition) is 1. The molecule has 0 aromatic heterocycles. The molecule has 8 nitrogen and oxygen atoms in total. The number of carbonyl (C=O) groups is 2. The van der Waals surface area contributed by atoms with Gasteiger partial charge in [-0.15, -0.1) is 0 Å². The molecular weight excluding hydrogens is 386 g/mol. The topological polar surface area (TPSA) is 80.3 Å². The number of urea groups is 1. The molecule has 1 aliphatic rings. The van der Waals surface area contributed by atoms with Gasteiger partial charge in [0.1, 0.15) is 5.75 Å². The van der Waals surface area contributed by atoms with E-state index in [1.54, 1.807) is 49.3 Å². The number of amides is 3. The number of nitrogens with zero attached hydrogens (tertiary/aromatic N) is 2. The highest BCUT2D eigenvalue weighted by Crippen LogP contribution is 2.33. The molecule has 1 saturated heterocycles. The average Bonchev–Trinajstić information content (AvgIpc) is 3.13. The van der Waals surface area contributed by atoms with Gasteiger partial charge in [0, 0.05) is 37.0 Å². The molecule has 3 amide bonds. The second-order valence-electron chi connectivity index (χ2n) is 6.84. The van der Waals surface area contributed by atoms with Gasteiger partial charge in [-0.1, -0.05) is 0 Å². The average molecular weight is 413 g/mol. The Balaban J connectivity index is 1.69. The van der Waals surface area contributed by atoms with E-state index >= 15 is 0 Å². The number of benzene rings is 2. The largest absolute Gasteiger partial charge is 0.497 e. The molecule has 0 bridgehead atoms. The summed E-state index contributed by atoms with van der Waals surface area (Å²) in [5, 5.41) is 2.98. The van der Waals surface area contributed by atoms with Gasteiger partial charge in [-0.2, -0.15) is 0 Å². The zero-order chi connectivity index (χ0) is 21.7. The molecule has 160 valence electrons. The Morgan fingerprint density at radius 1 is 1.07 bits per heavy atom. The van der Waals surface area contributed by atoms with E-state index in [1.165, 1.54) is 0 Å². The molecule has 0 aliphatic carbocycles. The van der Waals surface area contributed by atoms with Gasteiger partial charge in [-0.05, 0) is 43.3 Å². The Morgan fingerprint density at radius 2 is 1.77 bits per heavy atom. The van der Waals surface area contributed by atoms with Crippen LogP contribution in [-0.2, 0) is 4.79 Å². The summed E-state index contributed by atoms with van der Waals surface area (Å²) in [6, 6.07) is 12.1. The van der Waals surface area contributed by atoms with Crippen LogP contribution in [0.3, 0.4) is 0 Å². The molecule has 2 aromatic rings. The molecule has 1 aliphatic heterocycles. The minimum Gasteiger partial charge on any atom is -0.497 e. The van der Waals surface area contributed by atoms with E-state index in [-0.39, 0.29) is 24.4 Å². The standard InChI is InChI=1S/C22H27N3O5/c1-5-24(16-6-9-18(28-2)10-7-16)22(27)23-15-12-21(26)25(14-15)17-8-11-19(29-3)20(13-17)30-4/h6-11,13,15H,5,12,14H2,1-4H3,(H,23,27). The van der Waals surface area contributed by atoms with Gasteiger partial charge in [-0.3, -0.25) is 9.69 Å². The van der Waals surface area contributed by atoms with Crippen molar-refractivity contribution in [3.63, 3.8) is 0 Å². The Bertz CT molecular complexity index is 900. The predicted octanol–water partition coefficient (Wildman–Crippen LogP) is 3.05. The molecule has 8 heteroatoms.